The number of hydrogen-bond acceptors (Lipinski definition) is 4. The molecule has 1 aliphatic carbocycles. The van der Waals surface area contributed by atoms with Crippen molar-refractivity contribution in [2.24, 2.45) is 0 Å². The fourth-order valence-corrected chi connectivity index (χ4v) is 3.00. The number of rotatable bonds is 5. The van der Waals surface area contributed by atoms with Crippen molar-refractivity contribution in [2.45, 2.75) is 25.4 Å². The molecule has 0 aliphatic heterocycles. The highest BCUT2D eigenvalue weighted by molar-refractivity contribution is 7.09. The van der Waals surface area contributed by atoms with Crippen LogP contribution in [-0.2, 0) is 6.54 Å². The van der Waals surface area contributed by atoms with Gasteiger partial charge in [0, 0.05) is 31.2 Å². The molecule has 110 valence electrons. The number of carbonyl (C=O) groups excluding carboxylic acids is 1. The summed E-state index contributed by atoms with van der Waals surface area (Å²) in [6.45, 7) is 0.899. The van der Waals surface area contributed by atoms with Crippen molar-refractivity contribution < 1.29 is 4.79 Å². The molecule has 0 saturated heterocycles. The van der Waals surface area contributed by atoms with Crippen molar-refractivity contribution in [3.8, 4) is 0 Å². The minimum atomic E-state index is -0.00900. The fraction of sp³-hybridized carbons (Fsp3) is 0.375. The average molecular weight is 301 g/mol. The summed E-state index contributed by atoms with van der Waals surface area (Å²) in [6.07, 6.45) is 4.14. The SMILES string of the molecule is CN(C)C(=O)c1ccc(N(Cc2cccs2)C2CC2)nc1. The summed E-state index contributed by atoms with van der Waals surface area (Å²) in [6, 6.07) is 8.66. The first-order valence-corrected chi connectivity index (χ1v) is 8.00. The van der Waals surface area contributed by atoms with Crippen LogP contribution in [0.4, 0.5) is 5.82 Å². The van der Waals surface area contributed by atoms with Gasteiger partial charge in [-0.15, -0.1) is 11.3 Å². The highest BCUT2D eigenvalue weighted by Crippen LogP contribution is 2.32. The van der Waals surface area contributed by atoms with Crippen LogP contribution in [-0.4, -0.2) is 35.9 Å². The fourth-order valence-electron chi connectivity index (χ4n) is 2.29. The zero-order valence-corrected chi connectivity index (χ0v) is 13.1. The van der Waals surface area contributed by atoms with Crippen molar-refractivity contribution in [3.63, 3.8) is 0 Å². The standard InChI is InChI=1S/C16H19N3OS/c1-18(2)16(20)12-5-8-15(17-10-12)19(13-6-7-13)11-14-4-3-9-21-14/h3-5,8-10,13H,6-7,11H2,1-2H3. The van der Waals surface area contributed by atoms with E-state index in [-0.39, 0.29) is 5.91 Å². The molecule has 2 aromatic rings. The summed E-state index contributed by atoms with van der Waals surface area (Å²) in [4.78, 5) is 21.7. The second kappa shape index (κ2) is 5.85. The lowest BCUT2D eigenvalue weighted by Crippen LogP contribution is -2.26. The Kier molecular flexibility index (Phi) is 3.92. The maximum Gasteiger partial charge on any atom is 0.254 e. The van der Waals surface area contributed by atoms with Gasteiger partial charge in [0.2, 0.25) is 0 Å². The molecule has 4 nitrogen and oxygen atoms in total. The maximum atomic E-state index is 11.9. The van der Waals surface area contributed by atoms with Gasteiger partial charge in [0.05, 0.1) is 12.1 Å². The molecule has 5 heteroatoms. The third-order valence-corrected chi connectivity index (χ3v) is 4.45. The first kappa shape index (κ1) is 14.1. The first-order chi connectivity index (χ1) is 10.1. The van der Waals surface area contributed by atoms with Gasteiger partial charge in [0.25, 0.3) is 5.91 Å². The Morgan fingerprint density at radius 1 is 1.33 bits per heavy atom. The maximum absolute atomic E-state index is 11.9. The molecule has 1 aliphatic rings. The summed E-state index contributed by atoms with van der Waals surface area (Å²) >= 11 is 1.77. The molecule has 3 rings (SSSR count). The molecule has 1 fully saturated rings. The molecule has 2 heterocycles. The molecule has 0 aromatic carbocycles. The van der Waals surface area contributed by atoms with Crippen LogP contribution in [0.1, 0.15) is 28.1 Å². The van der Waals surface area contributed by atoms with Crippen LogP contribution in [0.15, 0.2) is 35.8 Å². The Balaban J connectivity index is 1.78. The lowest BCUT2D eigenvalue weighted by molar-refractivity contribution is 0.0827. The normalized spacial score (nSPS) is 14.0. The predicted molar refractivity (Wildman–Crippen MR) is 85.8 cm³/mol. The van der Waals surface area contributed by atoms with Gasteiger partial charge in [-0.05, 0) is 36.4 Å². The van der Waals surface area contributed by atoms with Crippen LogP contribution >= 0.6 is 11.3 Å². The van der Waals surface area contributed by atoms with E-state index in [4.69, 9.17) is 0 Å². The van der Waals surface area contributed by atoms with E-state index < -0.39 is 0 Å². The summed E-state index contributed by atoms with van der Waals surface area (Å²) in [5, 5.41) is 2.10. The molecule has 0 atom stereocenters. The molecule has 1 amide bonds. The minimum Gasteiger partial charge on any atom is -0.348 e. The third kappa shape index (κ3) is 3.24. The van der Waals surface area contributed by atoms with E-state index >= 15 is 0 Å². The van der Waals surface area contributed by atoms with Gasteiger partial charge in [-0.2, -0.15) is 0 Å². The Morgan fingerprint density at radius 3 is 2.67 bits per heavy atom. The lowest BCUT2D eigenvalue weighted by atomic mass is 10.2. The van der Waals surface area contributed by atoms with E-state index in [1.807, 2.05) is 12.1 Å². The number of thiophene rings is 1. The molecule has 0 unspecified atom stereocenters. The van der Waals surface area contributed by atoms with Crippen molar-refractivity contribution in [1.82, 2.24) is 9.88 Å². The van der Waals surface area contributed by atoms with Crippen LogP contribution in [0, 0.1) is 0 Å². The van der Waals surface area contributed by atoms with Gasteiger partial charge >= 0.3 is 0 Å². The van der Waals surface area contributed by atoms with Gasteiger partial charge in [0.15, 0.2) is 0 Å². The second-order valence-electron chi connectivity index (χ2n) is 5.54. The van der Waals surface area contributed by atoms with E-state index in [9.17, 15) is 4.79 Å². The van der Waals surface area contributed by atoms with Crippen molar-refractivity contribution >= 4 is 23.1 Å². The third-order valence-electron chi connectivity index (χ3n) is 3.59. The smallest absolute Gasteiger partial charge is 0.254 e. The van der Waals surface area contributed by atoms with Crippen molar-refractivity contribution in [3.05, 3.63) is 46.3 Å². The van der Waals surface area contributed by atoms with E-state index in [0.717, 1.165) is 12.4 Å². The number of amides is 1. The monoisotopic (exact) mass is 301 g/mol. The van der Waals surface area contributed by atoms with E-state index in [0.29, 0.717) is 11.6 Å². The van der Waals surface area contributed by atoms with Crippen LogP contribution in [0.25, 0.3) is 0 Å². The number of anilines is 1. The zero-order valence-electron chi connectivity index (χ0n) is 12.3. The van der Waals surface area contributed by atoms with Crippen molar-refractivity contribution in [2.75, 3.05) is 19.0 Å². The van der Waals surface area contributed by atoms with Gasteiger partial charge in [-0.1, -0.05) is 6.07 Å². The number of carbonyl (C=O) groups is 1. The topological polar surface area (TPSA) is 36.4 Å². The Bertz CT molecular complexity index is 603. The summed E-state index contributed by atoms with van der Waals surface area (Å²) in [5.74, 6) is 0.950. The summed E-state index contributed by atoms with van der Waals surface area (Å²) < 4.78 is 0. The second-order valence-corrected chi connectivity index (χ2v) is 6.58. The minimum absolute atomic E-state index is 0.00900. The molecular formula is C16H19N3OS. The molecule has 21 heavy (non-hydrogen) atoms. The zero-order chi connectivity index (χ0) is 14.8. The number of nitrogens with zero attached hydrogens (tertiary/aromatic N) is 3. The number of pyridine rings is 1. The number of hydrogen-bond donors (Lipinski definition) is 0. The molecule has 1 saturated carbocycles. The summed E-state index contributed by atoms with van der Waals surface area (Å²) in [5.41, 5.74) is 0.635. The van der Waals surface area contributed by atoms with Crippen LogP contribution < -0.4 is 4.90 Å². The molecule has 0 bridgehead atoms. The molecule has 0 N–H and O–H groups in total. The quantitative estimate of drug-likeness (QED) is 0.852. The Hall–Kier alpha value is -1.88. The largest absolute Gasteiger partial charge is 0.348 e. The van der Waals surface area contributed by atoms with Gasteiger partial charge in [0.1, 0.15) is 5.82 Å². The summed E-state index contributed by atoms with van der Waals surface area (Å²) in [7, 11) is 3.51. The molecule has 0 spiro atoms. The van der Waals surface area contributed by atoms with Crippen LogP contribution in [0.5, 0.6) is 0 Å². The molecular weight excluding hydrogens is 282 g/mol. The lowest BCUT2D eigenvalue weighted by Gasteiger charge is -2.23. The van der Waals surface area contributed by atoms with Gasteiger partial charge in [-0.3, -0.25) is 4.79 Å². The first-order valence-electron chi connectivity index (χ1n) is 7.12. The van der Waals surface area contributed by atoms with Crippen molar-refractivity contribution in [1.29, 1.82) is 0 Å². The highest BCUT2D eigenvalue weighted by atomic mass is 32.1. The number of aromatic nitrogens is 1. The predicted octanol–water partition coefficient (Wildman–Crippen LogP) is 3.01. The van der Waals surface area contributed by atoms with Gasteiger partial charge < -0.3 is 9.80 Å². The molecule has 2 aromatic heterocycles. The van der Waals surface area contributed by atoms with E-state index in [2.05, 4.69) is 27.4 Å². The van der Waals surface area contributed by atoms with Gasteiger partial charge in [-0.25, -0.2) is 4.98 Å². The molecule has 0 radical (unpaired) electrons. The average Bonchev–Trinajstić information content (AvgIpc) is 3.20. The Morgan fingerprint density at radius 2 is 2.14 bits per heavy atom. The van der Waals surface area contributed by atoms with Crippen LogP contribution in [0.3, 0.4) is 0 Å². The van der Waals surface area contributed by atoms with E-state index in [1.165, 1.54) is 17.7 Å². The van der Waals surface area contributed by atoms with E-state index in [1.54, 1.807) is 36.5 Å². The van der Waals surface area contributed by atoms with Crippen LogP contribution in [0.2, 0.25) is 0 Å². The highest BCUT2D eigenvalue weighted by Gasteiger charge is 2.30. The Labute approximate surface area is 129 Å².